The number of thiol groups is 1. The summed E-state index contributed by atoms with van der Waals surface area (Å²) in [6.45, 7) is 6.65. The van der Waals surface area contributed by atoms with Gasteiger partial charge in [-0.1, -0.05) is 44.9 Å². The van der Waals surface area contributed by atoms with Crippen LogP contribution in [0.2, 0.25) is 5.15 Å². The monoisotopic (exact) mass is 483 g/mol. The molecular weight excluding hydrogens is 453 g/mol. The first-order valence-electron chi connectivity index (χ1n) is 10.8. The van der Waals surface area contributed by atoms with Crippen LogP contribution in [0.1, 0.15) is 67.5 Å². The molecule has 2 rings (SSSR count). The highest BCUT2D eigenvalue weighted by atomic mass is 35.5. The van der Waals surface area contributed by atoms with Crippen molar-refractivity contribution in [2.45, 2.75) is 59.5 Å². The SMILES string of the molecule is CCCCc1nc(Cl)c(CNC(=O)[C@@H](CS)CC(C)C)n1Cc1ccc(C(=O)O)c(F)c1. The van der Waals surface area contributed by atoms with E-state index >= 15 is 0 Å². The number of carboxylic acids is 1. The van der Waals surface area contributed by atoms with Crippen LogP contribution in [-0.2, 0) is 24.3 Å². The lowest BCUT2D eigenvalue weighted by Gasteiger charge is -2.18. The number of nitrogens with one attached hydrogen (secondary N) is 1. The highest BCUT2D eigenvalue weighted by Gasteiger charge is 2.21. The molecule has 1 atom stereocenters. The lowest BCUT2D eigenvalue weighted by molar-refractivity contribution is -0.124. The fourth-order valence-electron chi connectivity index (χ4n) is 3.55. The van der Waals surface area contributed by atoms with Crippen LogP contribution in [0, 0.1) is 17.7 Å². The molecule has 1 aromatic heterocycles. The number of rotatable bonds is 12. The Balaban J connectivity index is 2.29. The maximum Gasteiger partial charge on any atom is 0.338 e. The number of unbranched alkanes of at least 4 members (excludes halogenated alkanes) is 1. The van der Waals surface area contributed by atoms with Gasteiger partial charge < -0.3 is 15.0 Å². The molecule has 2 aromatic rings. The summed E-state index contributed by atoms with van der Waals surface area (Å²) in [6.07, 6.45) is 3.30. The predicted octanol–water partition coefficient (Wildman–Crippen LogP) is 4.97. The summed E-state index contributed by atoms with van der Waals surface area (Å²) in [5, 5.41) is 12.3. The summed E-state index contributed by atoms with van der Waals surface area (Å²) in [6, 6.07) is 4.04. The summed E-state index contributed by atoms with van der Waals surface area (Å²) in [5.74, 6) is -0.833. The Morgan fingerprint density at radius 3 is 2.62 bits per heavy atom. The molecule has 1 aromatic carbocycles. The zero-order valence-corrected chi connectivity index (χ0v) is 20.3. The van der Waals surface area contributed by atoms with Crippen molar-refractivity contribution in [1.29, 1.82) is 0 Å². The third-order valence-electron chi connectivity index (χ3n) is 5.24. The van der Waals surface area contributed by atoms with Gasteiger partial charge in [-0.3, -0.25) is 4.79 Å². The van der Waals surface area contributed by atoms with E-state index in [0.717, 1.165) is 25.1 Å². The van der Waals surface area contributed by atoms with Crippen LogP contribution < -0.4 is 5.32 Å². The molecule has 0 unspecified atom stereocenters. The number of hydrogen-bond donors (Lipinski definition) is 3. The summed E-state index contributed by atoms with van der Waals surface area (Å²) in [7, 11) is 0. The molecule has 1 heterocycles. The van der Waals surface area contributed by atoms with E-state index in [2.05, 4.69) is 43.7 Å². The molecule has 176 valence electrons. The molecule has 0 aliphatic carbocycles. The van der Waals surface area contributed by atoms with Crippen LogP contribution in [-0.4, -0.2) is 32.3 Å². The van der Waals surface area contributed by atoms with Crippen LogP contribution in [0.25, 0.3) is 0 Å². The first-order valence-corrected chi connectivity index (χ1v) is 11.8. The molecule has 0 radical (unpaired) electrons. The summed E-state index contributed by atoms with van der Waals surface area (Å²) >= 11 is 10.7. The van der Waals surface area contributed by atoms with E-state index in [1.165, 1.54) is 12.1 Å². The Labute approximate surface area is 199 Å². The maximum absolute atomic E-state index is 14.2. The first-order chi connectivity index (χ1) is 15.2. The lowest BCUT2D eigenvalue weighted by Crippen LogP contribution is -2.33. The minimum atomic E-state index is -1.31. The van der Waals surface area contributed by atoms with Gasteiger partial charge in [0.2, 0.25) is 5.91 Å². The molecule has 0 spiro atoms. The number of carboxylic acid groups (broad SMARTS) is 1. The Kier molecular flexibility index (Phi) is 10.0. The van der Waals surface area contributed by atoms with E-state index in [-0.39, 0.29) is 30.5 Å². The van der Waals surface area contributed by atoms with E-state index < -0.39 is 11.8 Å². The van der Waals surface area contributed by atoms with Gasteiger partial charge in [-0.2, -0.15) is 12.6 Å². The first kappa shape index (κ1) is 26.2. The Bertz CT molecular complexity index is 949. The zero-order chi connectivity index (χ0) is 23.8. The van der Waals surface area contributed by atoms with E-state index in [1.807, 2.05) is 4.57 Å². The van der Waals surface area contributed by atoms with Gasteiger partial charge in [-0.25, -0.2) is 14.2 Å². The number of aryl methyl sites for hydroxylation is 1. The molecule has 0 saturated carbocycles. The van der Waals surface area contributed by atoms with Gasteiger partial charge in [0.05, 0.1) is 17.8 Å². The van der Waals surface area contributed by atoms with E-state index in [0.29, 0.717) is 34.5 Å². The maximum atomic E-state index is 14.2. The molecule has 0 bridgehead atoms. The molecular formula is C23H31ClFN3O3S. The number of halogens is 2. The zero-order valence-electron chi connectivity index (χ0n) is 18.7. The summed E-state index contributed by atoms with van der Waals surface area (Å²) in [5.41, 5.74) is 0.843. The average Bonchev–Trinajstić information content (AvgIpc) is 3.02. The highest BCUT2D eigenvalue weighted by molar-refractivity contribution is 7.80. The third-order valence-corrected chi connectivity index (χ3v) is 5.98. The van der Waals surface area contributed by atoms with Crippen molar-refractivity contribution in [3.63, 3.8) is 0 Å². The van der Waals surface area contributed by atoms with Gasteiger partial charge in [0.1, 0.15) is 11.6 Å². The molecule has 0 aliphatic heterocycles. The topological polar surface area (TPSA) is 84.2 Å². The minimum absolute atomic E-state index is 0.0931. The van der Waals surface area contributed by atoms with Gasteiger partial charge in [-0.05, 0) is 36.5 Å². The summed E-state index contributed by atoms with van der Waals surface area (Å²) in [4.78, 5) is 28.2. The Morgan fingerprint density at radius 1 is 1.34 bits per heavy atom. The molecule has 32 heavy (non-hydrogen) atoms. The second-order valence-corrected chi connectivity index (χ2v) is 9.02. The second kappa shape index (κ2) is 12.3. The highest BCUT2D eigenvalue weighted by Crippen LogP contribution is 2.22. The van der Waals surface area contributed by atoms with Crippen molar-refractivity contribution < 1.29 is 19.1 Å². The van der Waals surface area contributed by atoms with Crippen LogP contribution in [0.5, 0.6) is 0 Å². The number of aromatic nitrogens is 2. The van der Waals surface area contributed by atoms with Crippen molar-refractivity contribution in [2.24, 2.45) is 11.8 Å². The summed E-state index contributed by atoms with van der Waals surface area (Å²) < 4.78 is 16.1. The van der Waals surface area contributed by atoms with Crippen LogP contribution >= 0.6 is 24.2 Å². The van der Waals surface area contributed by atoms with Gasteiger partial charge in [0, 0.05) is 24.6 Å². The van der Waals surface area contributed by atoms with Gasteiger partial charge in [0.15, 0.2) is 5.15 Å². The van der Waals surface area contributed by atoms with E-state index in [9.17, 15) is 14.0 Å². The van der Waals surface area contributed by atoms with Crippen molar-refractivity contribution in [2.75, 3.05) is 5.75 Å². The van der Waals surface area contributed by atoms with Crippen molar-refractivity contribution >= 4 is 36.1 Å². The van der Waals surface area contributed by atoms with Gasteiger partial charge in [0.25, 0.3) is 0 Å². The largest absolute Gasteiger partial charge is 0.478 e. The molecule has 2 N–H and O–H groups in total. The standard InChI is InChI=1S/C23H31ClFN3O3S/c1-4-5-6-20-27-21(24)19(11-26-22(29)16(13-32)9-14(2)3)28(20)12-15-7-8-17(23(30)31)18(25)10-15/h7-8,10,14,16,32H,4-6,9,11-13H2,1-3H3,(H,26,29)(H,30,31)/t16-/m1/s1. The van der Waals surface area contributed by atoms with Crippen molar-refractivity contribution in [1.82, 2.24) is 14.9 Å². The average molecular weight is 484 g/mol. The minimum Gasteiger partial charge on any atom is -0.478 e. The Morgan fingerprint density at radius 2 is 2.06 bits per heavy atom. The Hall–Kier alpha value is -2.06. The van der Waals surface area contributed by atoms with Crippen molar-refractivity contribution in [3.05, 3.63) is 51.8 Å². The predicted molar refractivity (Wildman–Crippen MR) is 127 cm³/mol. The number of aromatic carboxylic acids is 1. The smallest absolute Gasteiger partial charge is 0.338 e. The van der Waals surface area contributed by atoms with Gasteiger partial charge in [-0.15, -0.1) is 0 Å². The molecule has 9 heteroatoms. The van der Waals surface area contributed by atoms with Crippen LogP contribution in [0.15, 0.2) is 18.2 Å². The number of nitrogens with zero attached hydrogens (tertiary/aromatic N) is 2. The second-order valence-electron chi connectivity index (χ2n) is 8.30. The number of amides is 1. The third kappa shape index (κ3) is 6.97. The molecule has 0 fully saturated rings. The molecule has 0 aliphatic rings. The molecule has 0 saturated heterocycles. The number of carbonyl (C=O) groups excluding carboxylic acids is 1. The van der Waals surface area contributed by atoms with E-state index in [1.54, 1.807) is 6.07 Å². The fraction of sp³-hybridized carbons (Fsp3) is 0.522. The lowest BCUT2D eigenvalue weighted by atomic mass is 9.98. The quantitative estimate of drug-likeness (QED) is 0.372. The number of hydrogen-bond acceptors (Lipinski definition) is 4. The van der Waals surface area contributed by atoms with Crippen molar-refractivity contribution in [3.8, 4) is 0 Å². The molecule has 6 nitrogen and oxygen atoms in total. The number of imidazole rings is 1. The number of carbonyl (C=O) groups is 2. The van der Waals surface area contributed by atoms with Crippen LogP contribution in [0.4, 0.5) is 4.39 Å². The van der Waals surface area contributed by atoms with E-state index in [4.69, 9.17) is 16.7 Å². The van der Waals surface area contributed by atoms with Gasteiger partial charge >= 0.3 is 5.97 Å². The molecule has 1 amide bonds. The fourth-order valence-corrected chi connectivity index (χ4v) is 4.13. The number of benzene rings is 1. The normalized spacial score (nSPS) is 12.2. The van der Waals surface area contributed by atoms with Crippen LogP contribution in [0.3, 0.4) is 0 Å².